The molecule has 2 N–H and O–H groups in total. The van der Waals surface area contributed by atoms with Crippen LogP contribution in [0.1, 0.15) is 0 Å². The Morgan fingerprint density at radius 1 is 1.43 bits per heavy atom. The summed E-state index contributed by atoms with van der Waals surface area (Å²) in [6.45, 7) is -0.506. The van der Waals surface area contributed by atoms with Gasteiger partial charge in [-0.25, -0.2) is 10.2 Å². The summed E-state index contributed by atoms with van der Waals surface area (Å²) < 4.78 is 59.3. The lowest BCUT2D eigenvalue weighted by Crippen LogP contribution is -2.39. The minimum atomic E-state index is -5.73. The van der Waals surface area contributed by atoms with Crippen molar-refractivity contribution in [2.75, 3.05) is 6.67 Å². The van der Waals surface area contributed by atoms with Gasteiger partial charge < -0.3 is 5.32 Å². The fraction of sp³-hybridized carbons (Fsp3) is 0.667. The second kappa shape index (κ2) is 3.25. The molecule has 1 heterocycles. The van der Waals surface area contributed by atoms with E-state index in [2.05, 4.69) is 4.28 Å². The van der Waals surface area contributed by atoms with E-state index >= 15 is 0 Å². The van der Waals surface area contributed by atoms with Gasteiger partial charge in [0.1, 0.15) is 6.67 Å². The van der Waals surface area contributed by atoms with Crippen LogP contribution in [0.25, 0.3) is 0 Å². The van der Waals surface area contributed by atoms with Crippen molar-refractivity contribution >= 4 is 16.1 Å². The molecule has 0 aromatic heterocycles. The first-order valence-corrected chi connectivity index (χ1v) is 4.46. The van der Waals surface area contributed by atoms with Crippen LogP contribution in [-0.2, 0) is 14.4 Å². The molecular formula is C3H4F3N3O4S. The van der Waals surface area contributed by atoms with Crippen LogP contribution in [0.2, 0.25) is 0 Å². The van der Waals surface area contributed by atoms with Crippen molar-refractivity contribution in [1.82, 2.24) is 15.9 Å². The van der Waals surface area contributed by atoms with Crippen molar-refractivity contribution in [1.29, 1.82) is 0 Å². The standard InChI is InChI=1S/C3H4F3N3O4S/c4-3(5,6)14(11,12)13-9-1-7-2(10)8-9/h1H2,(H2,7,8,10). The minimum Gasteiger partial charge on any atom is -0.320 e. The van der Waals surface area contributed by atoms with E-state index in [0.29, 0.717) is 0 Å². The Balaban J connectivity index is 2.65. The van der Waals surface area contributed by atoms with E-state index in [1.165, 1.54) is 0 Å². The van der Waals surface area contributed by atoms with Gasteiger partial charge in [0.05, 0.1) is 0 Å². The maximum atomic E-state index is 11.7. The summed E-state index contributed by atoms with van der Waals surface area (Å²) in [6.07, 6.45) is 0. The highest BCUT2D eigenvalue weighted by molar-refractivity contribution is 7.87. The Kier molecular flexibility index (Phi) is 2.56. The number of hydroxylamine groups is 1. The average Bonchev–Trinajstić information content (AvgIpc) is 2.31. The van der Waals surface area contributed by atoms with Crippen molar-refractivity contribution in [3.63, 3.8) is 0 Å². The zero-order valence-corrected chi connectivity index (χ0v) is 7.15. The van der Waals surface area contributed by atoms with Gasteiger partial charge in [-0.1, -0.05) is 5.17 Å². The molecular weight excluding hydrogens is 231 g/mol. The molecule has 0 aromatic carbocycles. The van der Waals surface area contributed by atoms with Gasteiger partial charge in [0.2, 0.25) is 0 Å². The highest BCUT2D eigenvalue weighted by Crippen LogP contribution is 2.25. The van der Waals surface area contributed by atoms with Crippen LogP contribution in [0.3, 0.4) is 0 Å². The molecule has 1 saturated heterocycles. The van der Waals surface area contributed by atoms with E-state index in [1.54, 1.807) is 5.43 Å². The van der Waals surface area contributed by atoms with Crippen LogP contribution in [-0.4, -0.2) is 31.8 Å². The molecule has 0 saturated carbocycles. The number of rotatable bonds is 2. The molecule has 7 nitrogen and oxygen atoms in total. The largest absolute Gasteiger partial charge is 0.524 e. The van der Waals surface area contributed by atoms with Gasteiger partial charge in [0.15, 0.2) is 0 Å². The van der Waals surface area contributed by atoms with Crippen LogP contribution in [0, 0.1) is 0 Å². The molecule has 82 valence electrons. The number of nitrogens with one attached hydrogen (secondary N) is 2. The summed E-state index contributed by atoms with van der Waals surface area (Å²) >= 11 is 0. The van der Waals surface area contributed by atoms with Crippen LogP contribution in [0.15, 0.2) is 0 Å². The van der Waals surface area contributed by atoms with E-state index in [0.717, 1.165) is 0 Å². The lowest BCUT2D eigenvalue weighted by Gasteiger charge is -2.13. The number of hydrazine groups is 1. The van der Waals surface area contributed by atoms with Crippen molar-refractivity contribution < 1.29 is 30.7 Å². The SMILES string of the molecule is O=C1NCN(OS(=O)(=O)C(F)(F)F)N1. The third-order valence-corrected chi connectivity index (χ3v) is 2.02. The van der Waals surface area contributed by atoms with Gasteiger partial charge in [-0.3, -0.25) is 0 Å². The van der Waals surface area contributed by atoms with Gasteiger partial charge in [-0.05, 0) is 0 Å². The summed E-state index contributed by atoms with van der Waals surface area (Å²) in [6, 6.07) is -0.859. The van der Waals surface area contributed by atoms with E-state index < -0.39 is 28.3 Å². The van der Waals surface area contributed by atoms with Gasteiger partial charge >= 0.3 is 21.7 Å². The van der Waals surface area contributed by atoms with E-state index in [-0.39, 0.29) is 5.17 Å². The Labute approximate surface area is 75.9 Å². The predicted molar refractivity (Wildman–Crippen MR) is 34.4 cm³/mol. The summed E-state index contributed by atoms with van der Waals surface area (Å²) in [5.41, 5.74) is -3.86. The van der Waals surface area contributed by atoms with Gasteiger partial charge in [0, 0.05) is 0 Å². The van der Waals surface area contributed by atoms with Crippen molar-refractivity contribution in [3.05, 3.63) is 0 Å². The summed E-state index contributed by atoms with van der Waals surface area (Å²) in [5.74, 6) is 0. The summed E-state index contributed by atoms with van der Waals surface area (Å²) in [4.78, 5) is 10.4. The topological polar surface area (TPSA) is 87.7 Å². The number of halogens is 3. The highest BCUT2D eigenvalue weighted by atomic mass is 32.2. The van der Waals surface area contributed by atoms with E-state index in [4.69, 9.17) is 0 Å². The average molecular weight is 235 g/mol. The molecule has 1 aliphatic heterocycles. The van der Waals surface area contributed by atoms with Gasteiger partial charge in [-0.2, -0.15) is 21.6 Å². The molecule has 0 aromatic rings. The van der Waals surface area contributed by atoms with Crippen LogP contribution in [0.5, 0.6) is 0 Å². The number of nitrogens with zero attached hydrogens (tertiary/aromatic N) is 1. The summed E-state index contributed by atoms with van der Waals surface area (Å²) in [7, 11) is -5.73. The first-order valence-electron chi connectivity index (χ1n) is 3.05. The fourth-order valence-corrected chi connectivity index (χ4v) is 0.953. The molecule has 14 heavy (non-hydrogen) atoms. The molecule has 1 aliphatic rings. The molecule has 0 spiro atoms. The first-order chi connectivity index (χ1) is 6.22. The molecule has 0 atom stereocenters. The molecule has 2 amide bonds. The number of urea groups is 1. The van der Waals surface area contributed by atoms with Crippen molar-refractivity contribution in [2.24, 2.45) is 0 Å². The first kappa shape index (κ1) is 11.0. The number of carbonyl (C=O) groups excluding carboxylic acids is 1. The quantitative estimate of drug-likeness (QED) is 0.615. The fourth-order valence-electron chi connectivity index (χ4n) is 0.542. The molecule has 1 fully saturated rings. The van der Waals surface area contributed by atoms with Crippen molar-refractivity contribution in [2.45, 2.75) is 5.51 Å². The maximum Gasteiger partial charge on any atom is 0.524 e. The molecule has 0 radical (unpaired) electrons. The maximum absolute atomic E-state index is 11.7. The monoisotopic (exact) mass is 235 g/mol. The van der Waals surface area contributed by atoms with Crippen LogP contribution in [0.4, 0.5) is 18.0 Å². The number of hydrogen-bond donors (Lipinski definition) is 2. The van der Waals surface area contributed by atoms with Crippen molar-refractivity contribution in [3.8, 4) is 0 Å². The molecule has 0 bridgehead atoms. The second-order valence-electron chi connectivity index (χ2n) is 2.13. The van der Waals surface area contributed by atoms with Crippen LogP contribution < -0.4 is 10.7 Å². The Hall–Kier alpha value is -1.07. The number of hydrogen-bond acceptors (Lipinski definition) is 5. The van der Waals surface area contributed by atoms with E-state index in [9.17, 15) is 26.4 Å². The number of carbonyl (C=O) groups is 1. The Morgan fingerprint density at radius 3 is 2.36 bits per heavy atom. The van der Waals surface area contributed by atoms with E-state index in [1.807, 2.05) is 5.32 Å². The number of amides is 2. The normalized spacial score (nSPS) is 19.2. The lowest BCUT2D eigenvalue weighted by molar-refractivity contribution is -0.110. The third-order valence-electron chi connectivity index (χ3n) is 1.08. The van der Waals surface area contributed by atoms with Gasteiger partial charge in [0.25, 0.3) is 0 Å². The molecule has 1 rings (SSSR count). The minimum absolute atomic E-state index is 0.116. The number of alkyl halides is 3. The lowest BCUT2D eigenvalue weighted by atomic mass is 11.0. The molecule has 0 unspecified atom stereocenters. The third kappa shape index (κ3) is 2.24. The second-order valence-corrected chi connectivity index (χ2v) is 3.65. The molecule has 11 heteroatoms. The molecule has 0 aliphatic carbocycles. The summed E-state index contributed by atoms with van der Waals surface area (Å²) in [5, 5.41) is 2.08. The van der Waals surface area contributed by atoms with Gasteiger partial charge in [-0.15, -0.1) is 4.28 Å². The zero-order valence-electron chi connectivity index (χ0n) is 6.33. The Bertz CT molecular complexity index is 337. The smallest absolute Gasteiger partial charge is 0.320 e. The highest BCUT2D eigenvalue weighted by Gasteiger charge is 2.49. The predicted octanol–water partition coefficient (Wildman–Crippen LogP) is -0.745. The Morgan fingerprint density at radius 2 is 2.00 bits per heavy atom. The zero-order chi connectivity index (χ0) is 11.0. The van der Waals surface area contributed by atoms with Crippen LogP contribution >= 0.6 is 0 Å².